The molecule has 1 amide bonds. The molecule has 0 spiro atoms. The standard InChI is InChI=1S/C16H19ClN2O6/c1-10-12(16(21)22)3-2-7-18(10)15(20)6-8-25-14-5-4-11(17)9-13(14)19(23)24/h4-5,9-10,12H,2-3,6-8H2,1H3,(H,21,22)/t10-,12-/m1/s1. The third-order valence-corrected chi connectivity index (χ3v) is 4.55. The van der Waals surface area contributed by atoms with Crippen LogP contribution in [0.2, 0.25) is 5.02 Å². The van der Waals surface area contributed by atoms with Crippen LogP contribution in [0.1, 0.15) is 26.2 Å². The highest BCUT2D eigenvalue weighted by molar-refractivity contribution is 6.30. The van der Waals surface area contributed by atoms with Gasteiger partial charge in [-0.15, -0.1) is 0 Å². The quantitative estimate of drug-likeness (QED) is 0.609. The molecule has 2 rings (SSSR count). The molecule has 1 heterocycles. The Hall–Kier alpha value is -2.35. The first kappa shape index (κ1) is 19.0. The summed E-state index contributed by atoms with van der Waals surface area (Å²) in [7, 11) is 0. The van der Waals surface area contributed by atoms with Crippen LogP contribution in [0.25, 0.3) is 0 Å². The Morgan fingerprint density at radius 2 is 2.20 bits per heavy atom. The number of halogens is 1. The second-order valence-electron chi connectivity index (χ2n) is 5.88. The fourth-order valence-corrected chi connectivity index (χ4v) is 3.14. The molecule has 1 aromatic rings. The van der Waals surface area contributed by atoms with Gasteiger partial charge in [0.15, 0.2) is 5.75 Å². The number of carbonyl (C=O) groups excluding carboxylic acids is 1. The number of aliphatic carboxylic acids is 1. The van der Waals surface area contributed by atoms with E-state index in [2.05, 4.69) is 0 Å². The van der Waals surface area contributed by atoms with E-state index in [-0.39, 0.29) is 41.4 Å². The molecule has 0 unspecified atom stereocenters. The number of piperidine rings is 1. The minimum Gasteiger partial charge on any atom is -0.486 e. The number of benzene rings is 1. The summed E-state index contributed by atoms with van der Waals surface area (Å²) >= 11 is 5.73. The molecule has 0 aliphatic carbocycles. The fraction of sp³-hybridized carbons (Fsp3) is 0.500. The van der Waals surface area contributed by atoms with Crippen LogP contribution in [0.5, 0.6) is 5.75 Å². The van der Waals surface area contributed by atoms with Gasteiger partial charge in [0.1, 0.15) is 0 Å². The normalized spacial score (nSPS) is 20.2. The van der Waals surface area contributed by atoms with E-state index in [1.54, 1.807) is 11.8 Å². The van der Waals surface area contributed by atoms with Crippen LogP contribution in [-0.4, -0.2) is 46.0 Å². The second-order valence-corrected chi connectivity index (χ2v) is 6.32. The second kappa shape index (κ2) is 8.15. The molecule has 1 aliphatic rings. The SMILES string of the molecule is C[C@@H]1[C@H](C(=O)O)CCCN1C(=O)CCOc1ccc(Cl)cc1[N+](=O)[O-]. The molecule has 1 saturated heterocycles. The van der Waals surface area contributed by atoms with Gasteiger partial charge in [-0.05, 0) is 31.9 Å². The number of nitro groups is 1. The van der Waals surface area contributed by atoms with E-state index >= 15 is 0 Å². The van der Waals surface area contributed by atoms with Crippen LogP contribution >= 0.6 is 11.6 Å². The summed E-state index contributed by atoms with van der Waals surface area (Å²) in [6.45, 7) is 2.19. The number of hydrogen-bond acceptors (Lipinski definition) is 5. The molecule has 9 heteroatoms. The van der Waals surface area contributed by atoms with E-state index in [0.29, 0.717) is 19.4 Å². The van der Waals surface area contributed by atoms with Gasteiger partial charge >= 0.3 is 11.7 Å². The van der Waals surface area contributed by atoms with Crippen LogP contribution in [0.15, 0.2) is 18.2 Å². The first-order valence-corrected chi connectivity index (χ1v) is 8.28. The Balaban J connectivity index is 1.95. The van der Waals surface area contributed by atoms with Gasteiger partial charge in [-0.1, -0.05) is 11.6 Å². The molecule has 1 aliphatic heterocycles. The van der Waals surface area contributed by atoms with E-state index in [1.807, 2.05) is 0 Å². The van der Waals surface area contributed by atoms with Gasteiger partial charge in [0.05, 0.1) is 23.9 Å². The van der Waals surface area contributed by atoms with Crippen LogP contribution < -0.4 is 4.74 Å². The average Bonchev–Trinajstić information content (AvgIpc) is 2.55. The van der Waals surface area contributed by atoms with Crippen molar-refractivity contribution in [3.05, 3.63) is 33.3 Å². The Kier molecular flexibility index (Phi) is 6.19. The lowest BCUT2D eigenvalue weighted by Gasteiger charge is -2.37. The molecule has 2 atom stereocenters. The smallest absolute Gasteiger partial charge is 0.312 e. The minimum absolute atomic E-state index is 0.0104. The number of amides is 1. The average molecular weight is 371 g/mol. The van der Waals surface area contributed by atoms with Gasteiger partial charge in [-0.25, -0.2) is 0 Å². The van der Waals surface area contributed by atoms with Crippen molar-refractivity contribution in [2.45, 2.75) is 32.2 Å². The largest absolute Gasteiger partial charge is 0.486 e. The van der Waals surface area contributed by atoms with E-state index in [9.17, 15) is 24.8 Å². The molecule has 25 heavy (non-hydrogen) atoms. The number of nitrogens with zero attached hydrogens (tertiary/aromatic N) is 2. The highest BCUT2D eigenvalue weighted by Gasteiger charge is 2.35. The monoisotopic (exact) mass is 370 g/mol. The van der Waals surface area contributed by atoms with Crippen molar-refractivity contribution >= 4 is 29.2 Å². The molecule has 8 nitrogen and oxygen atoms in total. The van der Waals surface area contributed by atoms with Gasteiger partial charge < -0.3 is 14.7 Å². The summed E-state index contributed by atoms with van der Waals surface area (Å²) < 4.78 is 5.36. The summed E-state index contributed by atoms with van der Waals surface area (Å²) in [5.41, 5.74) is -0.266. The minimum atomic E-state index is -0.905. The third-order valence-electron chi connectivity index (χ3n) is 4.32. The van der Waals surface area contributed by atoms with Gasteiger partial charge in [-0.2, -0.15) is 0 Å². The van der Waals surface area contributed by atoms with Gasteiger partial charge in [0.2, 0.25) is 5.91 Å². The van der Waals surface area contributed by atoms with Crippen molar-refractivity contribution in [3.63, 3.8) is 0 Å². The van der Waals surface area contributed by atoms with Crippen molar-refractivity contribution in [2.24, 2.45) is 5.92 Å². The molecule has 136 valence electrons. The predicted molar refractivity (Wildman–Crippen MR) is 89.8 cm³/mol. The van der Waals surface area contributed by atoms with Crippen molar-refractivity contribution in [3.8, 4) is 5.75 Å². The van der Waals surface area contributed by atoms with E-state index in [1.165, 1.54) is 18.2 Å². The molecular weight excluding hydrogens is 352 g/mol. The molecule has 0 radical (unpaired) electrons. The van der Waals surface area contributed by atoms with Crippen molar-refractivity contribution in [1.29, 1.82) is 0 Å². The number of hydrogen-bond donors (Lipinski definition) is 1. The van der Waals surface area contributed by atoms with Crippen LogP contribution in [0, 0.1) is 16.0 Å². The lowest BCUT2D eigenvalue weighted by atomic mass is 9.90. The number of carboxylic acid groups (broad SMARTS) is 1. The predicted octanol–water partition coefficient (Wildman–Crippen LogP) is 2.73. The Morgan fingerprint density at radius 3 is 2.84 bits per heavy atom. The zero-order valence-electron chi connectivity index (χ0n) is 13.7. The maximum absolute atomic E-state index is 12.3. The summed E-state index contributed by atoms with van der Waals surface area (Å²) in [4.78, 5) is 35.5. The Bertz CT molecular complexity index is 681. The molecule has 0 saturated carbocycles. The highest BCUT2D eigenvalue weighted by Crippen LogP contribution is 2.30. The van der Waals surface area contributed by atoms with Gasteiger partial charge in [0.25, 0.3) is 0 Å². The molecule has 0 bridgehead atoms. The third kappa shape index (κ3) is 4.60. The van der Waals surface area contributed by atoms with Crippen molar-refractivity contribution in [1.82, 2.24) is 4.90 Å². The maximum Gasteiger partial charge on any atom is 0.312 e. The number of likely N-dealkylation sites (tertiary alicyclic amines) is 1. The van der Waals surface area contributed by atoms with E-state index < -0.39 is 16.8 Å². The van der Waals surface area contributed by atoms with Crippen LogP contribution in [0.3, 0.4) is 0 Å². The van der Waals surface area contributed by atoms with E-state index in [4.69, 9.17) is 16.3 Å². The molecular formula is C16H19ClN2O6. The first-order valence-electron chi connectivity index (χ1n) is 7.90. The maximum atomic E-state index is 12.3. The molecule has 1 fully saturated rings. The topological polar surface area (TPSA) is 110 Å². The number of nitro benzene ring substituents is 1. The van der Waals surface area contributed by atoms with Crippen molar-refractivity contribution < 1.29 is 24.4 Å². The molecule has 1 N–H and O–H groups in total. The highest BCUT2D eigenvalue weighted by atomic mass is 35.5. The van der Waals surface area contributed by atoms with Crippen LogP contribution in [0.4, 0.5) is 5.69 Å². The van der Waals surface area contributed by atoms with Gasteiger partial charge in [0, 0.05) is 23.7 Å². The summed E-state index contributed by atoms with van der Waals surface area (Å²) in [5, 5.41) is 20.4. The Labute approximate surface area is 149 Å². The summed E-state index contributed by atoms with van der Waals surface area (Å²) in [6.07, 6.45) is 1.20. The number of carbonyl (C=O) groups is 2. The Morgan fingerprint density at radius 1 is 1.48 bits per heavy atom. The van der Waals surface area contributed by atoms with Crippen LogP contribution in [-0.2, 0) is 9.59 Å². The zero-order valence-corrected chi connectivity index (χ0v) is 14.4. The lowest BCUT2D eigenvalue weighted by molar-refractivity contribution is -0.385. The van der Waals surface area contributed by atoms with E-state index in [0.717, 1.165) is 0 Å². The first-order chi connectivity index (χ1) is 11.8. The zero-order chi connectivity index (χ0) is 18.6. The summed E-state index contributed by atoms with van der Waals surface area (Å²) in [5.74, 6) is -1.67. The molecule has 0 aromatic heterocycles. The number of rotatable bonds is 6. The number of carboxylic acids is 1. The lowest BCUT2D eigenvalue weighted by Crippen LogP contribution is -2.49. The summed E-state index contributed by atoms with van der Waals surface area (Å²) in [6, 6.07) is 3.65. The van der Waals surface area contributed by atoms with Gasteiger partial charge in [-0.3, -0.25) is 19.7 Å². The number of ether oxygens (including phenoxy) is 1. The fourth-order valence-electron chi connectivity index (χ4n) is 2.97. The van der Waals surface area contributed by atoms with Crippen molar-refractivity contribution in [2.75, 3.05) is 13.2 Å². The molecule has 1 aromatic carbocycles.